The van der Waals surface area contributed by atoms with Crippen molar-refractivity contribution in [3.05, 3.63) is 30.3 Å². The zero-order valence-corrected chi connectivity index (χ0v) is 7.80. The van der Waals surface area contributed by atoms with E-state index in [0.29, 0.717) is 5.11 Å². The predicted octanol–water partition coefficient (Wildman–Crippen LogP) is 1.17. The normalized spacial score (nSPS) is 8.92. The first-order valence-electron chi connectivity index (χ1n) is 3.86. The van der Waals surface area contributed by atoms with Crippen molar-refractivity contribution in [1.82, 2.24) is 5.32 Å². The molecule has 0 aliphatic carbocycles. The molecule has 1 rings (SSSR count). The summed E-state index contributed by atoms with van der Waals surface area (Å²) in [5.74, 6) is 0. The van der Waals surface area contributed by atoms with Crippen molar-refractivity contribution in [2.75, 3.05) is 11.9 Å². The number of thiocarbonyl (C=S) groups is 1. The van der Waals surface area contributed by atoms with Crippen LogP contribution in [0.1, 0.15) is 0 Å². The van der Waals surface area contributed by atoms with Gasteiger partial charge in [0.25, 0.3) is 0 Å². The topological polar surface area (TPSA) is 41.1 Å². The van der Waals surface area contributed by atoms with E-state index in [-0.39, 0.29) is 6.54 Å². The second-order valence-electron chi connectivity index (χ2n) is 2.37. The molecule has 0 spiro atoms. The summed E-state index contributed by atoms with van der Waals surface area (Å²) in [6.45, 7) is 0.235. The van der Waals surface area contributed by atoms with E-state index >= 15 is 0 Å². The molecule has 0 fully saturated rings. The second kappa shape index (κ2) is 5.27. The van der Waals surface area contributed by atoms with Crippen molar-refractivity contribution in [1.29, 1.82) is 0 Å². The summed E-state index contributed by atoms with van der Waals surface area (Å²) in [6, 6.07) is 9.53. The number of benzene rings is 1. The molecule has 0 saturated heterocycles. The zero-order valence-electron chi connectivity index (χ0n) is 6.99. The Labute approximate surface area is 82.1 Å². The van der Waals surface area contributed by atoms with Gasteiger partial charge in [-0.3, -0.25) is 0 Å². The molecule has 0 aromatic heterocycles. The van der Waals surface area contributed by atoms with Crippen LogP contribution in [0, 0.1) is 0 Å². The Bertz CT molecular complexity index is 287. The number of hydrogen-bond acceptors (Lipinski definition) is 2. The average molecular weight is 194 g/mol. The van der Waals surface area contributed by atoms with Crippen molar-refractivity contribution in [2.45, 2.75) is 0 Å². The van der Waals surface area contributed by atoms with E-state index in [2.05, 4.69) is 10.6 Å². The maximum Gasteiger partial charge on any atom is 0.171 e. The number of para-hydroxylation sites is 1. The van der Waals surface area contributed by atoms with Gasteiger partial charge in [0.05, 0.1) is 6.54 Å². The van der Waals surface area contributed by atoms with Crippen LogP contribution in [0.4, 0.5) is 5.69 Å². The minimum atomic E-state index is 0.235. The van der Waals surface area contributed by atoms with Crippen LogP contribution in [0.3, 0.4) is 0 Å². The molecule has 4 heteroatoms. The third kappa shape index (κ3) is 3.66. The fourth-order valence-corrected chi connectivity index (χ4v) is 1.03. The molecule has 0 saturated carbocycles. The number of aldehydes is 1. The molecule has 1 aromatic rings. The molecule has 1 aromatic carbocycles. The Hall–Kier alpha value is -1.42. The summed E-state index contributed by atoms with van der Waals surface area (Å²) in [6.07, 6.45) is 0.763. The molecule has 0 unspecified atom stereocenters. The highest BCUT2D eigenvalue weighted by molar-refractivity contribution is 7.80. The highest BCUT2D eigenvalue weighted by atomic mass is 32.1. The quantitative estimate of drug-likeness (QED) is 0.560. The minimum Gasteiger partial charge on any atom is -0.356 e. The Kier molecular flexibility index (Phi) is 3.92. The Morgan fingerprint density at radius 2 is 2.08 bits per heavy atom. The van der Waals surface area contributed by atoms with Gasteiger partial charge >= 0.3 is 0 Å². The third-order valence-electron chi connectivity index (χ3n) is 1.38. The fraction of sp³-hybridized carbons (Fsp3) is 0.111. The number of nitrogens with one attached hydrogen (secondary N) is 2. The molecular weight excluding hydrogens is 184 g/mol. The third-order valence-corrected chi connectivity index (χ3v) is 1.62. The van der Waals surface area contributed by atoms with Gasteiger partial charge in [0.1, 0.15) is 6.29 Å². The Morgan fingerprint density at radius 3 is 2.69 bits per heavy atom. The molecule has 0 amide bonds. The van der Waals surface area contributed by atoms with Crippen LogP contribution in [0.5, 0.6) is 0 Å². The lowest BCUT2D eigenvalue weighted by molar-refractivity contribution is -0.106. The van der Waals surface area contributed by atoms with Gasteiger partial charge in [-0.25, -0.2) is 0 Å². The van der Waals surface area contributed by atoms with Crippen LogP contribution in [-0.2, 0) is 4.79 Å². The molecule has 13 heavy (non-hydrogen) atoms. The van der Waals surface area contributed by atoms with E-state index in [4.69, 9.17) is 12.2 Å². The van der Waals surface area contributed by atoms with Crippen LogP contribution in [-0.4, -0.2) is 17.9 Å². The standard InChI is InChI=1S/C9H10N2OS/c12-7-6-10-9(13)11-8-4-2-1-3-5-8/h1-5,7H,6H2,(H2,10,11,13). The smallest absolute Gasteiger partial charge is 0.171 e. The Morgan fingerprint density at radius 1 is 1.38 bits per heavy atom. The van der Waals surface area contributed by atoms with Gasteiger partial charge < -0.3 is 15.4 Å². The molecule has 0 aliphatic heterocycles. The number of hydrogen-bond donors (Lipinski definition) is 2. The van der Waals surface area contributed by atoms with Crippen LogP contribution >= 0.6 is 12.2 Å². The van der Waals surface area contributed by atoms with Crippen LogP contribution in [0.2, 0.25) is 0 Å². The SMILES string of the molecule is O=CCNC(=S)Nc1ccccc1. The molecule has 0 heterocycles. The molecule has 0 aliphatic rings. The first-order chi connectivity index (χ1) is 6.33. The van der Waals surface area contributed by atoms with Crippen molar-refractivity contribution in [2.24, 2.45) is 0 Å². The zero-order chi connectivity index (χ0) is 9.52. The van der Waals surface area contributed by atoms with Gasteiger partial charge in [0.15, 0.2) is 5.11 Å². The molecule has 68 valence electrons. The Balaban J connectivity index is 2.41. The summed E-state index contributed by atoms with van der Waals surface area (Å²) < 4.78 is 0. The van der Waals surface area contributed by atoms with Gasteiger partial charge in [-0.05, 0) is 24.4 Å². The van der Waals surface area contributed by atoms with Crippen LogP contribution in [0.15, 0.2) is 30.3 Å². The summed E-state index contributed by atoms with van der Waals surface area (Å²) in [7, 11) is 0. The number of carbonyl (C=O) groups is 1. The fourth-order valence-electron chi connectivity index (χ4n) is 0.831. The van der Waals surface area contributed by atoms with Gasteiger partial charge in [0, 0.05) is 5.69 Å². The molecule has 2 N–H and O–H groups in total. The van der Waals surface area contributed by atoms with Gasteiger partial charge in [-0.1, -0.05) is 18.2 Å². The lowest BCUT2D eigenvalue weighted by Crippen LogP contribution is -2.29. The first kappa shape index (κ1) is 9.67. The van der Waals surface area contributed by atoms with Crippen molar-refractivity contribution in [3.63, 3.8) is 0 Å². The number of rotatable bonds is 3. The highest BCUT2D eigenvalue weighted by Gasteiger charge is 1.93. The average Bonchev–Trinajstić information content (AvgIpc) is 2.16. The predicted molar refractivity (Wildman–Crippen MR) is 56.7 cm³/mol. The van der Waals surface area contributed by atoms with Crippen LogP contribution in [0.25, 0.3) is 0 Å². The number of anilines is 1. The van der Waals surface area contributed by atoms with E-state index < -0.39 is 0 Å². The van der Waals surface area contributed by atoms with E-state index in [9.17, 15) is 4.79 Å². The minimum absolute atomic E-state index is 0.235. The molecule has 3 nitrogen and oxygen atoms in total. The summed E-state index contributed by atoms with van der Waals surface area (Å²) in [5.41, 5.74) is 0.908. The van der Waals surface area contributed by atoms with Crippen LogP contribution < -0.4 is 10.6 Å². The monoisotopic (exact) mass is 194 g/mol. The molecule has 0 bridgehead atoms. The van der Waals surface area contributed by atoms with Gasteiger partial charge in [-0.2, -0.15) is 0 Å². The van der Waals surface area contributed by atoms with E-state index in [1.165, 1.54) is 0 Å². The maximum absolute atomic E-state index is 10.0. The van der Waals surface area contributed by atoms with Crippen molar-refractivity contribution in [3.8, 4) is 0 Å². The van der Waals surface area contributed by atoms with E-state index in [0.717, 1.165) is 12.0 Å². The van der Waals surface area contributed by atoms with Crippen molar-refractivity contribution >= 4 is 29.3 Å². The van der Waals surface area contributed by atoms with Gasteiger partial charge in [-0.15, -0.1) is 0 Å². The highest BCUT2D eigenvalue weighted by Crippen LogP contribution is 2.03. The van der Waals surface area contributed by atoms with E-state index in [1.807, 2.05) is 30.3 Å². The molecular formula is C9H10N2OS. The molecule has 0 radical (unpaired) electrons. The summed E-state index contributed by atoms with van der Waals surface area (Å²) in [5, 5.41) is 6.13. The largest absolute Gasteiger partial charge is 0.356 e. The lowest BCUT2D eigenvalue weighted by Gasteiger charge is -2.07. The van der Waals surface area contributed by atoms with Gasteiger partial charge in [0.2, 0.25) is 0 Å². The lowest BCUT2D eigenvalue weighted by atomic mass is 10.3. The van der Waals surface area contributed by atoms with E-state index in [1.54, 1.807) is 0 Å². The van der Waals surface area contributed by atoms with Crippen molar-refractivity contribution < 1.29 is 4.79 Å². The summed E-state index contributed by atoms with van der Waals surface area (Å²) in [4.78, 5) is 10.0. The summed E-state index contributed by atoms with van der Waals surface area (Å²) >= 11 is 4.92. The second-order valence-corrected chi connectivity index (χ2v) is 2.78. The maximum atomic E-state index is 10.0. The first-order valence-corrected chi connectivity index (χ1v) is 4.27. The number of carbonyl (C=O) groups excluding carboxylic acids is 1. The molecule has 0 atom stereocenters.